The summed E-state index contributed by atoms with van der Waals surface area (Å²) < 4.78 is 10.6. The first-order valence-corrected chi connectivity index (χ1v) is 8.08. The molecule has 0 saturated heterocycles. The summed E-state index contributed by atoms with van der Waals surface area (Å²) in [5.41, 5.74) is -1.58. The van der Waals surface area contributed by atoms with Gasteiger partial charge in [0.1, 0.15) is 11.0 Å². The lowest BCUT2D eigenvalue weighted by molar-refractivity contribution is -0.174. The number of ether oxygens (including phenoxy) is 2. The molecule has 0 heterocycles. The fourth-order valence-corrected chi connectivity index (χ4v) is 3.83. The van der Waals surface area contributed by atoms with Gasteiger partial charge in [-0.1, -0.05) is 18.6 Å². The van der Waals surface area contributed by atoms with Crippen LogP contribution in [0.5, 0.6) is 0 Å². The quantitative estimate of drug-likeness (QED) is 0.453. The van der Waals surface area contributed by atoms with Crippen molar-refractivity contribution in [3.8, 4) is 0 Å². The van der Waals surface area contributed by atoms with Crippen molar-refractivity contribution in [2.75, 3.05) is 6.61 Å². The first-order chi connectivity index (χ1) is 10.5. The van der Waals surface area contributed by atoms with E-state index in [-0.39, 0.29) is 11.7 Å². The SMILES string of the molecule is CC1(OC(=O)COC(=O)C23C=CC(CC2)C3=O)CCCCC1. The lowest BCUT2D eigenvalue weighted by atomic mass is 9.86. The standard InChI is InChI=1S/C17H22O5/c1-16(7-3-2-4-8-16)22-13(18)11-21-15(20)17-9-5-12(6-10-17)14(17)19/h5,9,12H,2-4,6-8,10-11H2,1H3. The Morgan fingerprint density at radius 1 is 1.23 bits per heavy atom. The molecule has 2 bridgehead atoms. The van der Waals surface area contributed by atoms with Crippen molar-refractivity contribution >= 4 is 17.7 Å². The summed E-state index contributed by atoms with van der Waals surface area (Å²) in [5.74, 6) is -1.39. The van der Waals surface area contributed by atoms with Gasteiger partial charge in [-0.15, -0.1) is 0 Å². The summed E-state index contributed by atoms with van der Waals surface area (Å²) in [6.45, 7) is 1.51. The van der Waals surface area contributed by atoms with Crippen LogP contribution in [0.2, 0.25) is 0 Å². The van der Waals surface area contributed by atoms with Crippen LogP contribution in [0.25, 0.3) is 0 Å². The van der Waals surface area contributed by atoms with E-state index in [1.54, 1.807) is 12.2 Å². The van der Waals surface area contributed by atoms with Gasteiger partial charge in [-0.3, -0.25) is 9.59 Å². The normalized spacial score (nSPS) is 32.0. The lowest BCUT2D eigenvalue weighted by Gasteiger charge is -2.33. The van der Waals surface area contributed by atoms with Crippen molar-refractivity contribution in [3.05, 3.63) is 12.2 Å². The maximum absolute atomic E-state index is 12.2. The van der Waals surface area contributed by atoms with E-state index in [1.807, 2.05) is 6.92 Å². The van der Waals surface area contributed by atoms with E-state index in [2.05, 4.69) is 0 Å². The number of rotatable bonds is 4. The molecule has 3 aliphatic carbocycles. The third-order valence-electron chi connectivity index (χ3n) is 5.20. The molecule has 2 atom stereocenters. The van der Waals surface area contributed by atoms with Crippen LogP contribution in [-0.4, -0.2) is 29.9 Å². The summed E-state index contributed by atoms with van der Waals surface area (Å²) in [6, 6.07) is 0. The lowest BCUT2D eigenvalue weighted by Crippen LogP contribution is -2.38. The first kappa shape index (κ1) is 15.3. The summed E-state index contributed by atoms with van der Waals surface area (Å²) >= 11 is 0. The largest absolute Gasteiger partial charge is 0.457 e. The van der Waals surface area contributed by atoms with Crippen LogP contribution >= 0.6 is 0 Å². The van der Waals surface area contributed by atoms with Crippen molar-refractivity contribution in [2.24, 2.45) is 11.3 Å². The predicted octanol–water partition coefficient (Wildman–Crippen LogP) is 2.33. The average molecular weight is 306 g/mol. The van der Waals surface area contributed by atoms with E-state index < -0.39 is 29.6 Å². The molecule has 120 valence electrons. The molecule has 5 heteroatoms. The molecule has 0 aromatic heterocycles. The molecule has 0 N–H and O–H groups in total. The molecular weight excluding hydrogens is 284 g/mol. The molecule has 0 aliphatic heterocycles. The van der Waals surface area contributed by atoms with Crippen molar-refractivity contribution in [3.63, 3.8) is 0 Å². The number of esters is 2. The minimum atomic E-state index is -1.14. The Labute approximate surface area is 130 Å². The molecule has 0 aromatic carbocycles. The maximum Gasteiger partial charge on any atom is 0.344 e. The molecule has 0 aromatic rings. The van der Waals surface area contributed by atoms with Crippen LogP contribution in [0, 0.1) is 11.3 Å². The third-order valence-corrected chi connectivity index (χ3v) is 5.20. The van der Waals surface area contributed by atoms with Crippen molar-refractivity contribution < 1.29 is 23.9 Å². The van der Waals surface area contributed by atoms with E-state index in [4.69, 9.17) is 9.47 Å². The molecule has 3 aliphatic rings. The van der Waals surface area contributed by atoms with E-state index in [9.17, 15) is 14.4 Å². The monoisotopic (exact) mass is 306 g/mol. The number of hydrogen-bond acceptors (Lipinski definition) is 5. The van der Waals surface area contributed by atoms with Gasteiger partial charge in [0.25, 0.3) is 0 Å². The number of fused-ring (bicyclic) bond motifs is 2. The molecule has 0 radical (unpaired) electrons. The molecule has 22 heavy (non-hydrogen) atoms. The topological polar surface area (TPSA) is 69.7 Å². The van der Waals surface area contributed by atoms with Crippen LogP contribution < -0.4 is 0 Å². The van der Waals surface area contributed by atoms with Gasteiger partial charge in [0.2, 0.25) is 0 Å². The summed E-state index contributed by atoms with van der Waals surface area (Å²) in [7, 11) is 0. The van der Waals surface area contributed by atoms with Gasteiger partial charge in [0.15, 0.2) is 12.4 Å². The minimum Gasteiger partial charge on any atom is -0.457 e. The second-order valence-corrected chi connectivity index (χ2v) is 6.90. The number of ketones is 1. The van der Waals surface area contributed by atoms with Gasteiger partial charge in [0.05, 0.1) is 0 Å². The zero-order chi connectivity index (χ0) is 15.8. The number of Topliss-reactive ketones (excluding diaryl/α,β-unsaturated/α-hetero) is 1. The Morgan fingerprint density at radius 2 is 1.95 bits per heavy atom. The van der Waals surface area contributed by atoms with Gasteiger partial charge in [-0.05, 0) is 45.4 Å². The smallest absolute Gasteiger partial charge is 0.344 e. The fraction of sp³-hybridized carbons (Fsp3) is 0.706. The third kappa shape index (κ3) is 2.57. The van der Waals surface area contributed by atoms with Crippen LogP contribution in [0.1, 0.15) is 51.9 Å². The second-order valence-electron chi connectivity index (χ2n) is 6.90. The average Bonchev–Trinajstić information content (AvgIpc) is 2.99. The number of hydrogen-bond donors (Lipinski definition) is 0. The molecule has 2 fully saturated rings. The molecule has 3 rings (SSSR count). The zero-order valence-electron chi connectivity index (χ0n) is 12.9. The number of allylic oxidation sites excluding steroid dienone is 1. The van der Waals surface area contributed by atoms with Crippen LogP contribution in [0.3, 0.4) is 0 Å². The van der Waals surface area contributed by atoms with Gasteiger partial charge < -0.3 is 9.47 Å². The molecule has 0 amide bonds. The maximum atomic E-state index is 12.2. The highest BCUT2D eigenvalue weighted by molar-refractivity contribution is 6.11. The molecule has 2 saturated carbocycles. The highest BCUT2D eigenvalue weighted by atomic mass is 16.6. The van der Waals surface area contributed by atoms with E-state index in [0.29, 0.717) is 12.8 Å². The van der Waals surface area contributed by atoms with Crippen molar-refractivity contribution in [1.82, 2.24) is 0 Å². The van der Waals surface area contributed by atoms with Gasteiger partial charge >= 0.3 is 11.9 Å². The second kappa shape index (κ2) is 5.52. The van der Waals surface area contributed by atoms with Crippen molar-refractivity contribution in [2.45, 2.75) is 57.5 Å². The van der Waals surface area contributed by atoms with Crippen LogP contribution in [0.15, 0.2) is 12.2 Å². The highest BCUT2D eigenvalue weighted by Gasteiger charge is 2.55. The molecule has 5 nitrogen and oxygen atoms in total. The number of carbonyl (C=O) groups excluding carboxylic acids is 3. The zero-order valence-corrected chi connectivity index (χ0v) is 12.9. The summed E-state index contributed by atoms with van der Waals surface area (Å²) in [6.07, 6.45) is 9.54. The fourth-order valence-electron chi connectivity index (χ4n) is 3.83. The Balaban J connectivity index is 1.52. The predicted molar refractivity (Wildman–Crippen MR) is 77.8 cm³/mol. The van der Waals surface area contributed by atoms with Crippen molar-refractivity contribution in [1.29, 1.82) is 0 Å². The Hall–Kier alpha value is -1.65. The van der Waals surface area contributed by atoms with Gasteiger partial charge in [-0.2, -0.15) is 0 Å². The Bertz CT molecular complexity index is 529. The molecule has 0 spiro atoms. The Kier molecular flexibility index (Phi) is 3.83. The Morgan fingerprint density at radius 3 is 2.50 bits per heavy atom. The summed E-state index contributed by atoms with van der Waals surface area (Å²) in [4.78, 5) is 36.2. The van der Waals surface area contributed by atoms with E-state index in [1.165, 1.54) is 6.42 Å². The van der Waals surface area contributed by atoms with Crippen LogP contribution in [-0.2, 0) is 23.9 Å². The molecule has 2 unspecified atom stereocenters. The van der Waals surface area contributed by atoms with E-state index >= 15 is 0 Å². The first-order valence-electron chi connectivity index (χ1n) is 8.08. The van der Waals surface area contributed by atoms with E-state index in [0.717, 1.165) is 25.7 Å². The summed E-state index contributed by atoms with van der Waals surface area (Å²) in [5, 5.41) is 0. The van der Waals surface area contributed by atoms with Crippen LogP contribution in [0.4, 0.5) is 0 Å². The minimum absolute atomic E-state index is 0.0925. The van der Waals surface area contributed by atoms with Gasteiger partial charge in [0, 0.05) is 5.92 Å². The number of carbonyl (C=O) groups is 3. The highest BCUT2D eigenvalue weighted by Crippen LogP contribution is 2.46. The van der Waals surface area contributed by atoms with Gasteiger partial charge in [-0.25, -0.2) is 4.79 Å². The molecular formula is C17H22O5.